The van der Waals surface area contributed by atoms with Crippen LogP contribution in [0.3, 0.4) is 0 Å². The van der Waals surface area contributed by atoms with Crippen LogP contribution < -0.4 is 15.8 Å². The smallest absolute Gasteiger partial charge is 0.263 e. The van der Waals surface area contributed by atoms with Crippen LogP contribution in [0.1, 0.15) is 5.69 Å². The first-order valence-electron chi connectivity index (χ1n) is 6.53. The summed E-state index contributed by atoms with van der Waals surface area (Å²) < 4.78 is 10.7. The minimum Gasteiger partial charge on any atom is -0.492 e. The first-order valence-corrected chi connectivity index (χ1v) is 6.53. The highest BCUT2D eigenvalue weighted by Crippen LogP contribution is 2.22. The molecule has 2 aromatic heterocycles. The molecule has 21 heavy (non-hydrogen) atoms. The predicted molar refractivity (Wildman–Crippen MR) is 79.2 cm³/mol. The van der Waals surface area contributed by atoms with Gasteiger partial charge in [-0.3, -0.25) is 0 Å². The van der Waals surface area contributed by atoms with Gasteiger partial charge < -0.3 is 20.3 Å². The van der Waals surface area contributed by atoms with E-state index in [-0.39, 0.29) is 0 Å². The van der Waals surface area contributed by atoms with Gasteiger partial charge in [0.15, 0.2) is 0 Å². The summed E-state index contributed by atoms with van der Waals surface area (Å²) in [7, 11) is 0. The Morgan fingerprint density at radius 2 is 2.05 bits per heavy atom. The second kappa shape index (κ2) is 5.66. The summed E-state index contributed by atoms with van der Waals surface area (Å²) in [5.41, 5.74) is 7.57. The number of nitrogen functional groups attached to an aromatic ring is 1. The van der Waals surface area contributed by atoms with Gasteiger partial charge >= 0.3 is 0 Å². The van der Waals surface area contributed by atoms with Crippen molar-refractivity contribution in [2.75, 3.05) is 24.2 Å². The molecular formula is C14H15N5O2. The number of nitrogens with two attached hydrogens (primary N) is 1. The Kier molecular flexibility index (Phi) is 3.55. The lowest BCUT2D eigenvalue weighted by molar-refractivity contribution is 0.333. The zero-order valence-corrected chi connectivity index (χ0v) is 11.5. The average Bonchev–Trinajstić information content (AvgIpc) is 2.88. The van der Waals surface area contributed by atoms with Crippen molar-refractivity contribution in [2.45, 2.75) is 6.92 Å². The molecule has 7 nitrogen and oxygen atoms in total. The molecule has 0 aliphatic heterocycles. The number of fused-ring (bicyclic) bond motifs is 1. The van der Waals surface area contributed by atoms with E-state index in [4.69, 9.17) is 15.0 Å². The van der Waals surface area contributed by atoms with Crippen LogP contribution in [0, 0.1) is 6.92 Å². The van der Waals surface area contributed by atoms with Crippen LogP contribution in [0.5, 0.6) is 5.75 Å². The van der Waals surface area contributed by atoms with E-state index >= 15 is 0 Å². The summed E-state index contributed by atoms with van der Waals surface area (Å²) in [6, 6.07) is 7.28. The number of nitrogens with one attached hydrogen (secondary N) is 1. The number of benzene rings is 1. The molecule has 0 aliphatic rings. The van der Waals surface area contributed by atoms with E-state index in [1.54, 1.807) is 12.1 Å². The third-order valence-corrected chi connectivity index (χ3v) is 2.99. The minimum atomic E-state index is 0.476. The van der Waals surface area contributed by atoms with Gasteiger partial charge in [0.05, 0.1) is 12.2 Å². The summed E-state index contributed by atoms with van der Waals surface area (Å²) >= 11 is 0. The van der Waals surface area contributed by atoms with E-state index in [0.717, 1.165) is 16.8 Å². The summed E-state index contributed by atoms with van der Waals surface area (Å²) in [5.74, 6) is 1.47. The number of rotatable bonds is 5. The number of ether oxygens (including phenoxy) is 1. The largest absolute Gasteiger partial charge is 0.492 e. The van der Waals surface area contributed by atoms with Crippen LogP contribution in [0.4, 0.5) is 11.5 Å². The molecule has 108 valence electrons. The molecule has 0 saturated carbocycles. The maximum atomic E-state index is 5.62. The molecule has 0 amide bonds. The molecule has 1 aromatic carbocycles. The first-order chi connectivity index (χ1) is 10.2. The van der Waals surface area contributed by atoms with Crippen LogP contribution in [-0.4, -0.2) is 28.3 Å². The van der Waals surface area contributed by atoms with Crippen LogP contribution in [0.25, 0.3) is 11.1 Å². The zero-order valence-electron chi connectivity index (χ0n) is 11.5. The van der Waals surface area contributed by atoms with Gasteiger partial charge in [-0.2, -0.15) is 4.98 Å². The Bertz CT molecular complexity index is 739. The van der Waals surface area contributed by atoms with E-state index in [1.165, 1.54) is 6.33 Å². The van der Waals surface area contributed by atoms with Gasteiger partial charge in [-0.25, -0.2) is 4.98 Å². The van der Waals surface area contributed by atoms with Crippen molar-refractivity contribution in [3.8, 4) is 5.75 Å². The normalized spacial score (nSPS) is 10.7. The highest BCUT2D eigenvalue weighted by atomic mass is 16.5. The monoisotopic (exact) mass is 285 g/mol. The van der Waals surface area contributed by atoms with Gasteiger partial charge in [0.2, 0.25) is 0 Å². The molecule has 0 atom stereocenters. The van der Waals surface area contributed by atoms with Crippen LogP contribution in [-0.2, 0) is 0 Å². The maximum Gasteiger partial charge on any atom is 0.263 e. The van der Waals surface area contributed by atoms with E-state index in [0.29, 0.717) is 30.4 Å². The molecule has 0 spiro atoms. The van der Waals surface area contributed by atoms with Crippen molar-refractivity contribution in [2.24, 2.45) is 0 Å². The van der Waals surface area contributed by atoms with Crippen LogP contribution in [0.2, 0.25) is 0 Å². The summed E-state index contributed by atoms with van der Waals surface area (Å²) in [6.45, 7) is 2.95. The zero-order chi connectivity index (χ0) is 14.7. The van der Waals surface area contributed by atoms with Crippen molar-refractivity contribution in [1.82, 2.24) is 15.1 Å². The molecule has 0 saturated heterocycles. The second-order valence-corrected chi connectivity index (χ2v) is 4.51. The van der Waals surface area contributed by atoms with Gasteiger partial charge in [0.25, 0.3) is 5.71 Å². The molecule has 3 N–H and O–H groups in total. The van der Waals surface area contributed by atoms with Crippen LogP contribution in [0.15, 0.2) is 35.1 Å². The summed E-state index contributed by atoms with van der Waals surface area (Å²) in [5, 5.41) is 7.87. The molecule has 0 fully saturated rings. The Labute approximate surface area is 121 Å². The molecule has 0 bridgehead atoms. The van der Waals surface area contributed by atoms with Crippen molar-refractivity contribution in [1.29, 1.82) is 0 Å². The Hall–Kier alpha value is -2.83. The lowest BCUT2D eigenvalue weighted by Gasteiger charge is -2.08. The Morgan fingerprint density at radius 1 is 1.24 bits per heavy atom. The SMILES string of the molecule is Cc1noc2ncnc(NCCOc3ccc(N)cc3)c12. The van der Waals surface area contributed by atoms with Crippen molar-refractivity contribution >= 4 is 22.6 Å². The van der Waals surface area contributed by atoms with E-state index in [2.05, 4.69) is 20.4 Å². The topological polar surface area (TPSA) is 99.1 Å². The van der Waals surface area contributed by atoms with E-state index in [1.807, 2.05) is 19.1 Å². The molecule has 0 aliphatic carbocycles. The predicted octanol–water partition coefficient (Wildman–Crippen LogP) is 2.00. The van der Waals surface area contributed by atoms with Gasteiger partial charge in [0.1, 0.15) is 29.9 Å². The lowest BCUT2D eigenvalue weighted by atomic mass is 10.3. The third-order valence-electron chi connectivity index (χ3n) is 2.99. The minimum absolute atomic E-state index is 0.476. The lowest BCUT2D eigenvalue weighted by Crippen LogP contribution is -2.12. The molecule has 0 radical (unpaired) electrons. The molecule has 3 rings (SSSR count). The van der Waals surface area contributed by atoms with Gasteiger partial charge in [-0.1, -0.05) is 5.16 Å². The first kappa shape index (κ1) is 13.2. The highest BCUT2D eigenvalue weighted by Gasteiger charge is 2.11. The number of hydrogen-bond acceptors (Lipinski definition) is 7. The quantitative estimate of drug-likeness (QED) is 0.546. The van der Waals surface area contributed by atoms with Crippen molar-refractivity contribution < 1.29 is 9.26 Å². The summed E-state index contributed by atoms with van der Waals surface area (Å²) in [4.78, 5) is 8.23. The third kappa shape index (κ3) is 2.86. The number of nitrogens with zero attached hydrogens (tertiary/aromatic N) is 3. The Balaban J connectivity index is 1.59. The number of aryl methyl sites for hydroxylation is 1. The van der Waals surface area contributed by atoms with Gasteiger partial charge in [-0.05, 0) is 31.2 Å². The molecule has 3 aromatic rings. The molecular weight excluding hydrogens is 270 g/mol. The molecule has 2 heterocycles. The van der Waals surface area contributed by atoms with Crippen molar-refractivity contribution in [3.05, 3.63) is 36.3 Å². The van der Waals surface area contributed by atoms with Gasteiger partial charge in [-0.15, -0.1) is 0 Å². The van der Waals surface area contributed by atoms with E-state index in [9.17, 15) is 0 Å². The van der Waals surface area contributed by atoms with Gasteiger partial charge in [0, 0.05) is 5.69 Å². The average molecular weight is 285 g/mol. The number of anilines is 2. The fraction of sp³-hybridized carbons (Fsp3) is 0.214. The second-order valence-electron chi connectivity index (χ2n) is 4.51. The fourth-order valence-corrected chi connectivity index (χ4v) is 1.96. The number of hydrogen-bond donors (Lipinski definition) is 2. The van der Waals surface area contributed by atoms with Crippen molar-refractivity contribution in [3.63, 3.8) is 0 Å². The van der Waals surface area contributed by atoms with E-state index < -0.39 is 0 Å². The fourth-order valence-electron chi connectivity index (χ4n) is 1.96. The maximum absolute atomic E-state index is 5.62. The Morgan fingerprint density at radius 3 is 2.86 bits per heavy atom. The number of aromatic nitrogens is 3. The highest BCUT2D eigenvalue weighted by molar-refractivity contribution is 5.87. The standard InChI is InChI=1S/C14H15N5O2/c1-9-12-13(17-8-18-14(12)21-19-9)16-6-7-20-11-4-2-10(15)3-5-11/h2-5,8H,6-7,15H2,1H3,(H,16,17,18). The molecule has 7 heteroatoms. The van der Waals surface area contributed by atoms with Crippen LogP contribution >= 0.6 is 0 Å². The molecule has 0 unspecified atom stereocenters. The summed E-state index contributed by atoms with van der Waals surface area (Å²) in [6.07, 6.45) is 1.44.